The SMILES string of the molecule is CN1CCCC(CN=C(N)NC2CCCCC2)C1. The van der Waals surface area contributed by atoms with Crippen LogP contribution in [-0.2, 0) is 0 Å². The molecule has 2 rings (SSSR count). The minimum atomic E-state index is 0.566. The van der Waals surface area contributed by atoms with Crippen LogP contribution in [0.25, 0.3) is 0 Å². The molecule has 0 aromatic carbocycles. The number of aliphatic imine (C=N–C) groups is 1. The molecule has 2 fully saturated rings. The van der Waals surface area contributed by atoms with E-state index in [0.717, 1.165) is 6.54 Å². The second-order valence-corrected chi connectivity index (χ2v) is 5.98. The van der Waals surface area contributed by atoms with Gasteiger partial charge in [0, 0.05) is 19.1 Å². The van der Waals surface area contributed by atoms with Crippen molar-refractivity contribution in [3.63, 3.8) is 0 Å². The number of nitrogens with one attached hydrogen (secondary N) is 1. The van der Waals surface area contributed by atoms with Gasteiger partial charge in [-0.25, -0.2) is 0 Å². The van der Waals surface area contributed by atoms with Gasteiger partial charge in [-0.3, -0.25) is 4.99 Å². The predicted molar refractivity (Wildman–Crippen MR) is 76.7 cm³/mol. The van der Waals surface area contributed by atoms with Crippen LogP contribution in [0, 0.1) is 5.92 Å². The van der Waals surface area contributed by atoms with Crippen molar-refractivity contribution in [3.05, 3.63) is 0 Å². The molecule has 0 aromatic rings. The number of hydrogen-bond acceptors (Lipinski definition) is 2. The summed E-state index contributed by atoms with van der Waals surface area (Å²) in [5.74, 6) is 1.35. The van der Waals surface area contributed by atoms with Crippen molar-refractivity contribution >= 4 is 5.96 Å². The summed E-state index contributed by atoms with van der Waals surface area (Å²) in [7, 11) is 2.19. The van der Waals surface area contributed by atoms with Crippen LogP contribution in [0.15, 0.2) is 4.99 Å². The van der Waals surface area contributed by atoms with Gasteiger partial charge in [-0.2, -0.15) is 0 Å². The van der Waals surface area contributed by atoms with Crippen LogP contribution in [0.4, 0.5) is 0 Å². The first-order valence-electron chi connectivity index (χ1n) is 7.49. The molecule has 2 aliphatic rings. The third-order valence-electron chi connectivity index (χ3n) is 4.20. The van der Waals surface area contributed by atoms with Crippen LogP contribution in [0.1, 0.15) is 44.9 Å². The molecule has 1 saturated heterocycles. The Hall–Kier alpha value is -0.770. The van der Waals surface area contributed by atoms with Crippen molar-refractivity contribution in [2.45, 2.75) is 51.0 Å². The summed E-state index contributed by atoms with van der Waals surface area (Å²) >= 11 is 0. The molecule has 1 unspecified atom stereocenters. The van der Waals surface area contributed by atoms with Gasteiger partial charge in [0.1, 0.15) is 0 Å². The van der Waals surface area contributed by atoms with Crippen LogP contribution in [0.5, 0.6) is 0 Å². The number of piperidine rings is 1. The van der Waals surface area contributed by atoms with Gasteiger partial charge in [0.15, 0.2) is 5.96 Å². The molecule has 0 amide bonds. The van der Waals surface area contributed by atoms with E-state index >= 15 is 0 Å². The van der Waals surface area contributed by atoms with Crippen LogP contribution < -0.4 is 11.1 Å². The fourth-order valence-corrected chi connectivity index (χ4v) is 3.15. The molecule has 1 saturated carbocycles. The second kappa shape index (κ2) is 6.98. The minimum Gasteiger partial charge on any atom is -0.370 e. The number of rotatable bonds is 3. The van der Waals surface area contributed by atoms with E-state index in [4.69, 9.17) is 5.73 Å². The highest BCUT2D eigenvalue weighted by atomic mass is 15.1. The Morgan fingerprint density at radius 1 is 1.22 bits per heavy atom. The fraction of sp³-hybridized carbons (Fsp3) is 0.929. The van der Waals surface area contributed by atoms with Gasteiger partial charge in [-0.05, 0) is 45.2 Å². The summed E-state index contributed by atoms with van der Waals surface area (Å²) in [6.07, 6.45) is 9.14. The standard InChI is InChI=1S/C14H28N4/c1-18-9-5-6-12(11-18)10-16-14(15)17-13-7-3-2-4-8-13/h12-13H,2-11H2,1H3,(H3,15,16,17). The molecule has 0 bridgehead atoms. The van der Waals surface area contributed by atoms with Crippen molar-refractivity contribution < 1.29 is 0 Å². The largest absolute Gasteiger partial charge is 0.370 e. The highest BCUT2D eigenvalue weighted by molar-refractivity contribution is 5.78. The zero-order valence-corrected chi connectivity index (χ0v) is 11.7. The molecule has 1 atom stereocenters. The Kier molecular flexibility index (Phi) is 5.29. The summed E-state index contributed by atoms with van der Waals surface area (Å²) < 4.78 is 0. The van der Waals surface area contributed by atoms with Crippen molar-refractivity contribution in [2.24, 2.45) is 16.6 Å². The van der Waals surface area contributed by atoms with Gasteiger partial charge in [0.2, 0.25) is 0 Å². The molecule has 4 heteroatoms. The summed E-state index contributed by atoms with van der Waals surface area (Å²) in [6.45, 7) is 3.28. The first-order chi connectivity index (χ1) is 8.74. The number of guanidine groups is 1. The van der Waals surface area contributed by atoms with E-state index in [1.54, 1.807) is 0 Å². The van der Waals surface area contributed by atoms with E-state index in [2.05, 4.69) is 22.3 Å². The molecule has 4 nitrogen and oxygen atoms in total. The maximum atomic E-state index is 5.98. The lowest BCUT2D eigenvalue weighted by atomic mass is 9.96. The maximum absolute atomic E-state index is 5.98. The summed E-state index contributed by atoms with van der Waals surface area (Å²) in [5.41, 5.74) is 5.98. The molecular formula is C14H28N4. The van der Waals surface area contributed by atoms with Gasteiger partial charge < -0.3 is 16.0 Å². The highest BCUT2D eigenvalue weighted by Gasteiger charge is 2.17. The van der Waals surface area contributed by atoms with Gasteiger partial charge in [0.25, 0.3) is 0 Å². The van der Waals surface area contributed by atoms with Crippen LogP contribution in [0.2, 0.25) is 0 Å². The Labute approximate surface area is 111 Å². The molecular weight excluding hydrogens is 224 g/mol. The topological polar surface area (TPSA) is 53.6 Å². The Bertz CT molecular complexity index is 271. The van der Waals surface area contributed by atoms with Gasteiger partial charge in [-0.1, -0.05) is 19.3 Å². The molecule has 0 aromatic heterocycles. The lowest BCUT2D eigenvalue weighted by molar-refractivity contribution is 0.214. The van der Waals surface area contributed by atoms with Crippen LogP contribution >= 0.6 is 0 Å². The molecule has 0 spiro atoms. The average molecular weight is 252 g/mol. The second-order valence-electron chi connectivity index (χ2n) is 5.98. The quantitative estimate of drug-likeness (QED) is 0.592. The van der Waals surface area contributed by atoms with Crippen molar-refractivity contribution in [1.29, 1.82) is 0 Å². The molecule has 0 radical (unpaired) electrons. The first kappa shape index (κ1) is 13.7. The van der Waals surface area contributed by atoms with Crippen molar-refractivity contribution in [1.82, 2.24) is 10.2 Å². The number of nitrogens with zero attached hydrogens (tertiary/aromatic N) is 2. The average Bonchev–Trinajstić information content (AvgIpc) is 2.38. The maximum Gasteiger partial charge on any atom is 0.188 e. The molecule has 18 heavy (non-hydrogen) atoms. The smallest absolute Gasteiger partial charge is 0.188 e. The van der Waals surface area contributed by atoms with Gasteiger partial charge >= 0.3 is 0 Å². The molecule has 3 N–H and O–H groups in total. The van der Waals surface area contributed by atoms with Gasteiger partial charge in [0.05, 0.1) is 0 Å². The lowest BCUT2D eigenvalue weighted by Crippen LogP contribution is -2.41. The zero-order chi connectivity index (χ0) is 12.8. The van der Waals surface area contributed by atoms with Gasteiger partial charge in [-0.15, -0.1) is 0 Å². The van der Waals surface area contributed by atoms with E-state index in [0.29, 0.717) is 17.9 Å². The minimum absolute atomic E-state index is 0.566. The summed E-state index contributed by atoms with van der Waals surface area (Å²) in [5, 5.41) is 3.38. The summed E-state index contributed by atoms with van der Waals surface area (Å²) in [6, 6.07) is 0.566. The van der Waals surface area contributed by atoms with E-state index < -0.39 is 0 Å². The van der Waals surface area contributed by atoms with E-state index in [1.807, 2.05) is 0 Å². The summed E-state index contributed by atoms with van der Waals surface area (Å²) in [4.78, 5) is 6.93. The number of likely N-dealkylation sites (tertiary alicyclic amines) is 1. The zero-order valence-electron chi connectivity index (χ0n) is 11.7. The van der Waals surface area contributed by atoms with Crippen molar-refractivity contribution in [3.8, 4) is 0 Å². The van der Waals surface area contributed by atoms with E-state index in [-0.39, 0.29) is 0 Å². The predicted octanol–water partition coefficient (Wildman–Crippen LogP) is 1.57. The molecule has 104 valence electrons. The van der Waals surface area contributed by atoms with E-state index in [9.17, 15) is 0 Å². The molecule has 1 aliphatic carbocycles. The Morgan fingerprint density at radius 3 is 2.72 bits per heavy atom. The van der Waals surface area contributed by atoms with Crippen LogP contribution in [0.3, 0.4) is 0 Å². The third kappa shape index (κ3) is 4.48. The first-order valence-corrected chi connectivity index (χ1v) is 7.49. The molecule has 1 aliphatic heterocycles. The van der Waals surface area contributed by atoms with Crippen molar-refractivity contribution in [2.75, 3.05) is 26.7 Å². The van der Waals surface area contributed by atoms with E-state index in [1.165, 1.54) is 58.0 Å². The lowest BCUT2D eigenvalue weighted by Gasteiger charge is -2.29. The highest BCUT2D eigenvalue weighted by Crippen LogP contribution is 2.17. The Balaban J connectivity index is 1.70. The normalized spacial score (nSPS) is 28.3. The van der Waals surface area contributed by atoms with Crippen LogP contribution in [-0.4, -0.2) is 43.6 Å². The fourth-order valence-electron chi connectivity index (χ4n) is 3.15. The Morgan fingerprint density at radius 2 is 2.00 bits per heavy atom. The number of nitrogens with two attached hydrogens (primary N) is 1. The molecule has 1 heterocycles. The third-order valence-corrected chi connectivity index (χ3v) is 4.20. The monoisotopic (exact) mass is 252 g/mol. The number of hydrogen-bond donors (Lipinski definition) is 2.